The second kappa shape index (κ2) is 6.93. The molecule has 1 aromatic rings. The Morgan fingerprint density at radius 1 is 1.14 bits per heavy atom. The van der Waals surface area contributed by atoms with Crippen LogP contribution in [-0.2, 0) is 24.1 Å². The lowest BCUT2D eigenvalue weighted by Gasteiger charge is -2.06. The highest BCUT2D eigenvalue weighted by atomic mass is 32.2. The first-order valence-electron chi connectivity index (χ1n) is 7.14. The van der Waals surface area contributed by atoms with Crippen LogP contribution >= 0.6 is 0 Å². The van der Waals surface area contributed by atoms with E-state index in [1.807, 2.05) is 6.08 Å². The number of sulfone groups is 1. The van der Waals surface area contributed by atoms with Crippen LogP contribution < -0.4 is 0 Å². The fourth-order valence-electron chi connectivity index (χ4n) is 2.52. The van der Waals surface area contributed by atoms with Gasteiger partial charge in [0.05, 0.1) is 17.8 Å². The SMILES string of the molecule is CS(=O)(=O)OCCCC1C=C(S(=O)(=O)c2ccccc2)CC1. The van der Waals surface area contributed by atoms with Gasteiger partial charge in [-0.3, -0.25) is 4.18 Å². The molecule has 1 atom stereocenters. The quantitative estimate of drug-likeness (QED) is 0.561. The summed E-state index contributed by atoms with van der Waals surface area (Å²) in [5, 5.41) is 0. The molecule has 0 aliphatic heterocycles. The Kier molecular flexibility index (Phi) is 5.41. The largest absolute Gasteiger partial charge is 0.270 e. The van der Waals surface area contributed by atoms with E-state index >= 15 is 0 Å². The van der Waals surface area contributed by atoms with Crippen molar-refractivity contribution in [2.45, 2.75) is 30.6 Å². The maximum absolute atomic E-state index is 12.5. The van der Waals surface area contributed by atoms with E-state index in [0.717, 1.165) is 19.1 Å². The predicted molar refractivity (Wildman–Crippen MR) is 84.5 cm³/mol. The molecule has 1 unspecified atom stereocenters. The van der Waals surface area contributed by atoms with E-state index in [0.29, 0.717) is 22.6 Å². The molecule has 0 saturated heterocycles. The summed E-state index contributed by atoms with van der Waals surface area (Å²) in [6, 6.07) is 8.41. The zero-order valence-electron chi connectivity index (χ0n) is 12.4. The van der Waals surface area contributed by atoms with Crippen molar-refractivity contribution in [3.63, 3.8) is 0 Å². The molecule has 0 saturated carbocycles. The van der Waals surface area contributed by atoms with Crippen LogP contribution in [0.1, 0.15) is 25.7 Å². The van der Waals surface area contributed by atoms with Crippen molar-refractivity contribution in [2.24, 2.45) is 5.92 Å². The average Bonchev–Trinajstić information content (AvgIpc) is 2.93. The van der Waals surface area contributed by atoms with Gasteiger partial charge in [0.2, 0.25) is 9.84 Å². The Morgan fingerprint density at radius 2 is 1.82 bits per heavy atom. The minimum Gasteiger partial charge on any atom is -0.270 e. The van der Waals surface area contributed by atoms with Crippen molar-refractivity contribution in [2.75, 3.05) is 12.9 Å². The Hall–Kier alpha value is -1.18. The Bertz CT molecular complexity index is 733. The first-order valence-corrected chi connectivity index (χ1v) is 10.4. The molecule has 1 aromatic carbocycles. The number of hydrogen-bond donors (Lipinski definition) is 0. The number of benzene rings is 1. The minimum absolute atomic E-state index is 0.143. The van der Waals surface area contributed by atoms with Crippen LogP contribution in [0.15, 0.2) is 46.2 Å². The van der Waals surface area contributed by atoms with Crippen LogP contribution in [0.25, 0.3) is 0 Å². The van der Waals surface area contributed by atoms with E-state index in [-0.39, 0.29) is 12.5 Å². The van der Waals surface area contributed by atoms with Gasteiger partial charge in [0.15, 0.2) is 0 Å². The van der Waals surface area contributed by atoms with E-state index in [4.69, 9.17) is 0 Å². The first kappa shape index (κ1) is 17.2. The molecule has 0 N–H and O–H groups in total. The van der Waals surface area contributed by atoms with E-state index in [9.17, 15) is 16.8 Å². The summed E-state index contributed by atoms with van der Waals surface area (Å²) in [7, 11) is -6.79. The lowest BCUT2D eigenvalue weighted by molar-refractivity contribution is 0.304. The standard InChI is InChI=1S/C15H20O5S2/c1-21(16,17)20-11-5-6-13-9-10-15(12-13)22(18,19)14-7-3-2-4-8-14/h2-4,7-8,12-13H,5-6,9-11H2,1H3. The number of allylic oxidation sites excluding steroid dienone is 2. The third kappa shape index (κ3) is 4.66. The molecule has 0 radical (unpaired) electrons. The van der Waals surface area contributed by atoms with Gasteiger partial charge in [-0.05, 0) is 43.7 Å². The molecule has 7 heteroatoms. The van der Waals surface area contributed by atoms with Gasteiger partial charge in [0.1, 0.15) is 0 Å². The van der Waals surface area contributed by atoms with Crippen LogP contribution in [-0.4, -0.2) is 29.7 Å². The molecule has 5 nitrogen and oxygen atoms in total. The van der Waals surface area contributed by atoms with Crippen molar-refractivity contribution in [1.82, 2.24) is 0 Å². The maximum Gasteiger partial charge on any atom is 0.264 e. The maximum atomic E-state index is 12.5. The average molecular weight is 344 g/mol. The summed E-state index contributed by atoms with van der Waals surface area (Å²) >= 11 is 0. The normalized spacial score (nSPS) is 19.1. The molecule has 0 aromatic heterocycles. The lowest BCUT2D eigenvalue weighted by Crippen LogP contribution is -2.05. The zero-order chi connectivity index (χ0) is 16.2. The highest BCUT2D eigenvalue weighted by Crippen LogP contribution is 2.33. The van der Waals surface area contributed by atoms with Crippen LogP contribution in [0, 0.1) is 5.92 Å². The first-order chi connectivity index (χ1) is 10.3. The minimum atomic E-state index is -3.40. The summed E-state index contributed by atoms with van der Waals surface area (Å²) in [6.07, 6.45) is 5.46. The van der Waals surface area contributed by atoms with E-state index in [2.05, 4.69) is 4.18 Å². The van der Waals surface area contributed by atoms with Gasteiger partial charge in [-0.25, -0.2) is 8.42 Å². The van der Waals surface area contributed by atoms with Gasteiger partial charge in [-0.15, -0.1) is 0 Å². The van der Waals surface area contributed by atoms with Gasteiger partial charge < -0.3 is 0 Å². The fraction of sp³-hybridized carbons (Fsp3) is 0.467. The van der Waals surface area contributed by atoms with Crippen LogP contribution in [0.2, 0.25) is 0 Å². The molecular weight excluding hydrogens is 324 g/mol. The summed E-state index contributed by atoms with van der Waals surface area (Å²) in [6.45, 7) is 0.143. The molecule has 0 bridgehead atoms. The van der Waals surface area contributed by atoms with Gasteiger partial charge in [0.25, 0.3) is 10.1 Å². The van der Waals surface area contributed by atoms with Crippen LogP contribution in [0.5, 0.6) is 0 Å². The molecule has 0 amide bonds. The smallest absolute Gasteiger partial charge is 0.264 e. The summed E-state index contributed by atoms with van der Waals surface area (Å²) < 4.78 is 51.3. The summed E-state index contributed by atoms with van der Waals surface area (Å²) in [4.78, 5) is 0.787. The molecular formula is C15H20O5S2. The zero-order valence-corrected chi connectivity index (χ0v) is 14.1. The fourth-order valence-corrected chi connectivity index (χ4v) is 4.51. The molecule has 122 valence electrons. The van der Waals surface area contributed by atoms with Crippen molar-refractivity contribution < 1.29 is 21.0 Å². The highest BCUT2D eigenvalue weighted by Gasteiger charge is 2.26. The van der Waals surface area contributed by atoms with Gasteiger partial charge in [-0.1, -0.05) is 24.3 Å². The van der Waals surface area contributed by atoms with E-state index in [1.165, 1.54) is 0 Å². The summed E-state index contributed by atoms with van der Waals surface area (Å²) in [5.74, 6) is 0.164. The number of rotatable bonds is 7. The molecule has 1 aliphatic carbocycles. The lowest BCUT2D eigenvalue weighted by atomic mass is 10.0. The Labute approximate surface area is 132 Å². The summed E-state index contributed by atoms with van der Waals surface area (Å²) in [5.41, 5.74) is 0. The second-order valence-corrected chi connectivity index (χ2v) is 9.06. The molecule has 0 heterocycles. The predicted octanol–water partition coefficient (Wildman–Crippen LogP) is 2.51. The molecule has 1 aliphatic rings. The van der Waals surface area contributed by atoms with Crippen LogP contribution in [0.4, 0.5) is 0 Å². The second-order valence-electron chi connectivity index (χ2n) is 5.42. The monoisotopic (exact) mass is 344 g/mol. The van der Waals surface area contributed by atoms with Crippen molar-refractivity contribution in [3.8, 4) is 0 Å². The van der Waals surface area contributed by atoms with Crippen molar-refractivity contribution in [1.29, 1.82) is 0 Å². The molecule has 0 fully saturated rings. The highest BCUT2D eigenvalue weighted by molar-refractivity contribution is 7.95. The van der Waals surface area contributed by atoms with Crippen molar-refractivity contribution >= 4 is 20.0 Å². The van der Waals surface area contributed by atoms with Crippen LogP contribution in [0.3, 0.4) is 0 Å². The van der Waals surface area contributed by atoms with Gasteiger partial charge in [0, 0.05) is 4.91 Å². The van der Waals surface area contributed by atoms with Gasteiger partial charge >= 0.3 is 0 Å². The topological polar surface area (TPSA) is 77.5 Å². The molecule has 0 spiro atoms. The van der Waals surface area contributed by atoms with E-state index < -0.39 is 20.0 Å². The third-order valence-corrected chi connectivity index (χ3v) is 6.12. The molecule has 2 rings (SSSR count). The Balaban J connectivity index is 1.95. The number of hydrogen-bond acceptors (Lipinski definition) is 5. The molecule has 22 heavy (non-hydrogen) atoms. The Morgan fingerprint density at radius 3 is 2.45 bits per heavy atom. The van der Waals surface area contributed by atoms with Gasteiger partial charge in [-0.2, -0.15) is 8.42 Å². The van der Waals surface area contributed by atoms with Crippen molar-refractivity contribution in [3.05, 3.63) is 41.3 Å². The van der Waals surface area contributed by atoms with E-state index in [1.54, 1.807) is 30.3 Å². The third-order valence-electron chi connectivity index (χ3n) is 3.60.